The molecule has 0 radical (unpaired) electrons. The second-order valence-electron chi connectivity index (χ2n) is 3.11. The number of hydrogen-bond donors (Lipinski definition) is 2. The summed E-state index contributed by atoms with van der Waals surface area (Å²) in [7, 11) is 0. The van der Waals surface area contributed by atoms with Gasteiger partial charge in [0.25, 0.3) is 0 Å². The monoisotopic (exact) mass is 261 g/mol. The van der Waals surface area contributed by atoms with Gasteiger partial charge >= 0.3 is 12.3 Å². The van der Waals surface area contributed by atoms with E-state index in [0.29, 0.717) is 0 Å². The molecule has 0 amide bonds. The van der Waals surface area contributed by atoms with Crippen molar-refractivity contribution in [3.63, 3.8) is 0 Å². The summed E-state index contributed by atoms with van der Waals surface area (Å²) in [6, 6.07) is 2.46. The van der Waals surface area contributed by atoms with Crippen molar-refractivity contribution >= 4 is 11.7 Å². The lowest BCUT2D eigenvalue weighted by Gasteiger charge is -2.13. The summed E-state index contributed by atoms with van der Waals surface area (Å²) in [4.78, 5) is 13.8. The van der Waals surface area contributed by atoms with Crippen LogP contribution >= 0.6 is 0 Å². The molecule has 1 heterocycles. The zero-order valence-corrected chi connectivity index (χ0v) is 8.65. The molecule has 0 atom stereocenters. The van der Waals surface area contributed by atoms with Crippen LogP contribution in [0, 0.1) is 11.3 Å². The fraction of sp³-hybridized carbons (Fsp3) is 0.222. The van der Waals surface area contributed by atoms with Crippen LogP contribution in [-0.4, -0.2) is 22.4 Å². The van der Waals surface area contributed by atoms with Gasteiger partial charge in [-0.2, -0.15) is 5.26 Å². The van der Waals surface area contributed by atoms with Crippen molar-refractivity contribution < 1.29 is 27.8 Å². The molecule has 0 saturated heterocycles. The van der Waals surface area contributed by atoms with Crippen molar-refractivity contribution in [1.82, 2.24) is 4.98 Å². The van der Waals surface area contributed by atoms with Gasteiger partial charge in [0.2, 0.25) is 5.88 Å². The van der Waals surface area contributed by atoms with E-state index in [-0.39, 0.29) is 5.69 Å². The maximum absolute atomic E-state index is 12.1. The van der Waals surface area contributed by atoms with Gasteiger partial charge in [-0.25, -0.2) is 4.98 Å². The summed E-state index contributed by atoms with van der Waals surface area (Å²) in [5, 5.41) is 17.1. The fourth-order valence-corrected chi connectivity index (χ4v) is 1.15. The highest BCUT2D eigenvalue weighted by Gasteiger charge is 2.34. The molecule has 0 aliphatic carbocycles. The number of nitrogens with zero attached hydrogens (tertiary/aromatic N) is 2. The minimum Gasteiger partial charge on any atom is -0.481 e. The Morgan fingerprint density at radius 3 is 2.67 bits per heavy atom. The summed E-state index contributed by atoms with van der Waals surface area (Å²) in [5.74, 6) is -2.43. The third-order valence-corrected chi connectivity index (χ3v) is 1.78. The van der Waals surface area contributed by atoms with E-state index in [4.69, 9.17) is 16.1 Å². The van der Waals surface area contributed by atoms with Gasteiger partial charge in [-0.3, -0.25) is 4.79 Å². The Morgan fingerprint density at radius 1 is 1.61 bits per heavy atom. The SMILES string of the molecule is N#Cc1cc(N)c(CC(=O)O)c(OC(F)(F)F)n1. The van der Waals surface area contributed by atoms with Gasteiger partial charge in [-0.1, -0.05) is 0 Å². The first-order valence-electron chi connectivity index (χ1n) is 4.40. The molecule has 18 heavy (non-hydrogen) atoms. The topological polar surface area (TPSA) is 109 Å². The van der Waals surface area contributed by atoms with Gasteiger partial charge in [0.05, 0.1) is 6.42 Å². The highest BCUT2D eigenvalue weighted by Crippen LogP contribution is 2.29. The summed E-state index contributed by atoms with van der Waals surface area (Å²) < 4.78 is 39.8. The predicted octanol–water partition coefficient (Wildman–Crippen LogP) is 1.06. The minimum atomic E-state index is -5.05. The number of alkyl halides is 3. The van der Waals surface area contributed by atoms with Crippen molar-refractivity contribution in [3.05, 3.63) is 17.3 Å². The van der Waals surface area contributed by atoms with E-state index in [9.17, 15) is 18.0 Å². The summed E-state index contributed by atoms with van der Waals surface area (Å²) in [5.41, 5.74) is 4.23. The molecule has 0 aliphatic heterocycles. The van der Waals surface area contributed by atoms with Gasteiger partial charge in [0.1, 0.15) is 11.8 Å². The van der Waals surface area contributed by atoms with Crippen LogP contribution in [-0.2, 0) is 11.2 Å². The third-order valence-electron chi connectivity index (χ3n) is 1.78. The first-order valence-corrected chi connectivity index (χ1v) is 4.40. The Kier molecular flexibility index (Phi) is 3.61. The number of aromatic nitrogens is 1. The molecular formula is C9H6F3N3O3. The highest BCUT2D eigenvalue weighted by molar-refractivity contribution is 5.74. The molecular weight excluding hydrogens is 255 g/mol. The Hall–Kier alpha value is -2.50. The van der Waals surface area contributed by atoms with Crippen LogP contribution in [0.3, 0.4) is 0 Å². The van der Waals surface area contributed by atoms with E-state index in [1.807, 2.05) is 0 Å². The summed E-state index contributed by atoms with van der Waals surface area (Å²) in [6.45, 7) is 0. The molecule has 1 rings (SSSR count). The van der Waals surface area contributed by atoms with E-state index in [1.54, 1.807) is 0 Å². The number of nitriles is 1. The van der Waals surface area contributed by atoms with Gasteiger partial charge in [-0.05, 0) is 6.07 Å². The predicted molar refractivity (Wildman–Crippen MR) is 51.4 cm³/mol. The second kappa shape index (κ2) is 4.79. The Morgan fingerprint density at radius 2 is 2.22 bits per heavy atom. The number of hydrogen-bond acceptors (Lipinski definition) is 5. The minimum absolute atomic E-state index is 0.303. The van der Waals surface area contributed by atoms with Crippen LogP contribution in [0.5, 0.6) is 5.88 Å². The fourth-order valence-electron chi connectivity index (χ4n) is 1.15. The number of anilines is 1. The smallest absolute Gasteiger partial charge is 0.481 e. The van der Waals surface area contributed by atoms with E-state index >= 15 is 0 Å². The molecule has 0 saturated carbocycles. The van der Waals surface area contributed by atoms with Crippen molar-refractivity contribution in [1.29, 1.82) is 5.26 Å². The summed E-state index contributed by atoms with van der Waals surface area (Å²) >= 11 is 0. The molecule has 0 fully saturated rings. The maximum atomic E-state index is 12.1. The quantitative estimate of drug-likeness (QED) is 0.841. The lowest BCUT2D eigenvalue weighted by molar-refractivity contribution is -0.276. The number of nitrogens with two attached hydrogens (primary N) is 1. The third kappa shape index (κ3) is 3.51. The van der Waals surface area contributed by atoms with Crippen molar-refractivity contribution in [3.8, 4) is 11.9 Å². The number of rotatable bonds is 3. The standard InChI is InChI=1S/C9H6F3N3O3/c10-9(11,12)18-8-5(2-7(16)17)6(14)1-4(3-13)15-8/h1H,2H2,(H2,14,15)(H,16,17). The zero-order valence-electron chi connectivity index (χ0n) is 8.65. The number of pyridine rings is 1. The lowest BCUT2D eigenvalue weighted by Crippen LogP contribution is -2.20. The van der Waals surface area contributed by atoms with Crippen molar-refractivity contribution in [2.45, 2.75) is 12.8 Å². The van der Waals surface area contributed by atoms with Crippen LogP contribution in [0.4, 0.5) is 18.9 Å². The number of halogens is 3. The van der Waals surface area contributed by atoms with Crippen LogP contribution < -0.4 is 10.5 Å². The van der Waals surface area contributed by atoms with Crippen LogP contribution in [0.15, 0.2) is 6.07 Å². The Labute approximate surface area is 98.4 Å². The van der Waals surface area contributed by atoms with E-state index in [0.717, 1.165) is 6.07 Å². The Bertz CT molecular complexity index is 522. The molecule has 96 valence electrons. The summed E-state index contributed by atoms with van der Waals surface area (Å²) in [6.07, 6.45) is -5.85. The van der Waals surface area contributed by atoms with Gasteiger partial charge < -0.3 is 15.6 Å². The first-order chi connectivity index (χ1) is 8.23. The normalized spacial score (nSPS) is 10.8. The molecule has 9 heteroatoms. The van der Waals surface area contributed by atoms with Crippen molar-refractivity contribution in [2.75, 3.05) is 5.73 Å². The molecule has 0 spiro atoms. The number of carboxylic acid groups (broad SMARTS) is 1. The molecule has 1 aromatic heterocycles. The molecule has 0 unspecified atom stereocenters. The van der Waals surface area contributed by atoms with Gasteiger partial charge in [0.15, 0.2) is 0 Å². The Balaban J connectivity index is 3.30. The maximum Gasteiger partial charge on any atom is 0.574 e. The average Bonchev–Trinajstić information content (AvgIpc) is 2.20. The first kappa shape index (κ1) is 13.6. The van der Waals surface area contributed by atoms with Crippen LogP contribution in [0.2, 0.25) is 0 Å². The molecule has 0 aliphatic rings. The van der Waals surface area contributed by atoms with Crippen LogP contribution in [0.25, 0.3) is 0 Å². The largest absolute Gasteiger partial charge is 0.574 e. The van der Waals surface area contributed by atoms with Crippen LogP contribution in [0.1, 0.15) is 11.3 Å². The van der Waals surface area contributed by atoms with E-state index in [2.05, 4.69) is 9.72 Å². The molecule has 6 nitrogen and oxygen atoms in total. The highest BCUT2D eigenvalue weighted by atomic mass is 19.4. The van der Waals surface area contributed by atoms with E-state index < -0.39 is 35.9 Å². The number of ether oxygens (including phenoxy) is 1. The van der Waals surface area contributed by atoms with E-state index in [1.165, 1.54) is 6.07 Å². The number of carbonyl (C=O) groups is 1. The second-order valence-corrected chi connectivity index (χ2v) is 3.11. The lowest BCUT2D eigenvalue weighted by atomic mass is 10.1. The molecule has 1 aromatic rings. The average molecular weight is 261 g/mol. The molecule has 3 N–H and O–H groups in total. The molecule has 0 bridgehead atoms. The van der Waals surface area contributed by atoms with Crippen molar-refractivity contribution in [2.24, 2.45) is 0 Å². The van der Waals surface area contributed by atoms with Gasteiger partial charge in [0, 0.05) is 11.3 Å². The molecule has 0 aromatic carbocycles. The number of nitrogen functional groups attached to an aromatic ring is 1. The van der Waals surface area contributed by atoms with Gasteiger partial charge in [-0.15, -0.1) is 13.2 Å². The number of carboxylic acids is 1. The zero-order chi connectivity index (χ0) is 13.9. The number of aliphatic carboxylic acids is 1.